The number of hydrogen-bond acceptors (Lipinski definition) is 2. The molecule has 0 N–H and O–H groups in total. The zero-order valence-electron chi connectivity index (χ0n) is 15.7. The third-order valence-electron chi connectivity index (χ3n) is 4.30. The highest BCUT2D eigenvalue weighted by atomic mass is 35.5. The van der Waals surface area contributed by atoms with Gasteiger partial charge in [-0.05, 0) is 29.7 Å². The average molecular weight is 379 g/mol. The van der Waals surface area contributed by atoms with Crippen LogP contribution in [0.4, 0.5) is 0 Å². The molecule has 27 heavy (non-hydrogen) atoms. The number of carbonyl (C=O) groups excluding carboxylic acids is 1. The average Bonchev–Trinajstić information content (AvgIpc) is 3.04. The summed E-state index contributed by atoms with van der Waals surface area (Å²) in [5, 5.41) is 5.37. The van der Waals surface area contributed by atoms with Gasteiger partial charge in [0.25, 0.3) is 0 Å². The maximum absolute atomic E-state index is 12.4. The van der Waals surface area contributed by atoms with Crippen molar-refractivity contribution in [3.05, 3.63) is 71.8 Å². The molecule has 0 fully saturated rings. The zero-order valence-corrected chi connectivity index (χ0v) is 16.4. The van der Waals surface area contributed by atoms with E-state index >= 15 is 0 Å². The predicted octanol–water partition coefficient (Wildman–Crippen LogP) is 6.13. The summed E-state index contributed by atoms with van der Waals surface area (Å²) >= 11 is 6.17. The Hall–Kier alpha value is -2.65. The molecule has 3 aromatic rings. The van der Waals surface area contributed by atoms with Crippen LogP contribution < -0.4 is 0 Å². The first kappa shape index (κ1) is 19.1. The molecule has 0 saturated heterocycles. The van der Waals surface area contributed by atoms with Crippen LogP contribution in [-0.2, 0) is 11.3 Å². The molecule has 0 saturated carbocycles. The Kier molecular flexibility index (Phi) is 5.92. The topological polar surface area (TPSA) is 34.9 Å². The molecular weight excluding hydrogens is 356 g/mol. The van der Waals surface area contributed by atoms with E-state index in [1.54, 1.807) is 4.68 Å². The lowest BCUT2D eigenvalue weighted by Crippen LogP contribution is -2.14. The second-order valence-corrected chi connectivity index (χ2v) is 7.48. The fraction of sp³-hybridized carbons (Fsp3) is 0.217. The Morgan fingerprint density at radius 1 is 1.15 bits per heavy atom. The van der Waals surface area contributed by atoms with E-state index in [0.29, 0.717) is 17.4 Å². The Bertz CT molecular complexity index is 955. The Labute approximate surface area is 165 Å². The number of nitrogens with zero attached hydrogens (tertiary/aromatic N) is 2. The monoisotopic (exact) mass is 378 g/mol. The normalized spacial score (nSPS) is 11.0. The van der Waals surface area contributed by atoms with Crippen molar-refractivity contribution in [1.29, 1.82) is 0 Å². The van der Waals surface area contributed by atoms with Crippen LogP contribution in [0.3, 0.4) is 0 Å². The highest BCUT2D eigenvalue weighted by Crippen LogP contribution is 2.28. The smallest absolute Gasteiger partial charge is 0.154 e. The lowest BCUT2D eigenvalue weighted by Gasteiger charge is -2.08. The summed E-state index contributed by atoms with van der Waals surface area (Å²) in [7, 11) is 0. The van der Waals surface area contributed by atoms with E-state index in [0.717, 1.165) is 28.1 Å². The van der Waals surface area contributed by atoms with Crippen molar-refractivity contribution in [3.63, 3.8) is 0 Å². The number of aromatic nitrogens is 2. The second kappa shape index (κ2) is 8.36. The van der Waals surface area contributed by atoms with Crippen molar-refractivity contribution in [3.8, 4) is 22.5 Å². The summed E-state index contributed by atoms with van der Waals surface area (Å²) in [6, 6.07) is 17.7. The minimum atomic E-state index is 0.171. The molecule has 0 aliphatic rings. The van der Waals surface area contributed by atoms with Gasteiger partial charge in [0.15, 0.2) is 5.78 Å². The molecule has 3 rings (SSSR count). The number of halogens is 1. The molecule has 0 atom stereocenters. The first-order valence-corrected chi connectivity index (χ1v) is 9.42. The third-order valence-corrected chi connectivity index (χ3v) is 4.54. The molecule has 0 aliphatic heterocycles. The number of rotatable bonds is 7. The van der Waals surface area contributed by atoms with Crippen molar-refractivity contribution in [2.24, 2.45) is 5.92 Å². The van der Waals surface area contributed by atoms with Crippen molar-refractivity contribution < 1.29 is 4.79 Å². The van der Waals surface area contributed by atoms with Crippen molar-refractivity contribution in [1.82, 2.24) is 9.78 Å². The molecule has 2 aromatic carbocycles. The van der Waals surface area contributed by atoms with Gasteiger partial charge in [0.05, 0.1) is 11.4 Å². The fourth-order valence-corrected chi connectivity index (χ4v) is 3.23. The highest BCUT2D eigenvalue weighted by molar-refractivity contribution is 6.30. The number of Topliss-reactive ketones (excluding diaryl/α,β-unsaturated/α-hetero) is 1. The minimum Gasteiger partial charge on any atom is -0.298 e. The number of benzene rings is 2. The van der Waals surface area contributed by atoms with Crippen LogP contribution in [0, 0.1) is 5.92 Å². The van der Waals surface area contributed by atoms with Crippen molar-refractivity contribution in [2.45, 2.75) is 26.8 Å². The van der Waals surface area contributed by atoms with Gasteiger partial charge in [-0.2, -0.15) is 5.10 Å². The summed E-state index contributed by atoms with van der Waals surface area (Å²) < 4.78 is 1.78. The van der Waals surface area contributed by atoms with Crippen LogP contribution in [0.15, 0.2) is 61.2 Å². The van der Waals surface area contributed by atoms with Gasteiger partial charge in [-0.1, -0.05) is 74.5 Å². The van der Waals surface area contributed by atoms with E-state index in [4.69, 9.17) is 16.7 Å². The minimum absolute atomic E-state index is 0.171. The first-order valence-electron chi connectivity index (χ1n) is 9.04. The van der Waals surface area contributed by atoms with Crippen molar-refractivity contribution in [2.75, 3.05) is 0 Å². The van der Waals surface area contributed by atoms with Crippen LogP contribution >= 0.6 is 11.6 Å². The fourth-order valence-electron chi connectivity index (χ4n) is 3.04. The number of ketones is 1. The molecule has 138 valence electrons. The largest absolute Gasteiger partial charge is 0.298 e. The van der Waals surface area contributed by atoms with Gasteiger partial charge in [0.2, 0.25) is 0 Å². The van der Waals surface area contributed by atoms with Crippen LogP contribution in [0.2, 0.25) is 5.02 Å². The van der Waals surface area contributed by atoms with E-state index in [9.17, 15) is 4.79 Å². The lowest BCUT2D eigenvalue weighted by atomic mass is 10.1. The maximum atomic E-state index is 12.4. The van der Waals surface area contributed by atoms with Gasteiger partial charge in [-0.25, -0.2) is 0 Å². The molecule has 3 nitrogen and oxygen atoms in total. The standard InChI is InChI=1S/C23H23ClN2O/c1-4-17-8-10-18(11-9-17)22-14-23(19-6-5-7-20(24)13-19)26(25-22)15-21(27)12-16(2)3/h4-11,13-14,16H,1,12,15H2,2-3H3. The molecule has 0 bridgehead atoms. The van der Waals surface area contributed by atoms with Gasteiger partial charge >= 0.3 is 0 Å². The molecule has 1 aromatic heterocycles. The highest BCUT2D eigenvalue weighted by Gasteiger charge is 2.15. The van der Waals surface area contributed by atoms with Gasteiger partial charge in [-0.15, -0.1) is 0 Å². The number of hydrogen-bond donors (Lipinski definition) is 0. The van der Waals surface area contributed by atoms with Gasteiger partial charge in [0.1, 0.15) is 6.54 Å². The van der Waals surface area contributed by atoms with Crippen LogP contribution in [0.25, 0.3) is 28.6 Å². The van der Waals surface area contributed by atoms with Crippen LogP contribution in [0.1, 0.15) is 25.8 Å². The molecule has 0 radical (unpaired) electrons. The van der Waals surface area contributed by atoms with Crippen LogP contribution in [-0.4, -0.2) is 15.6 Å². The first-order chi connectivity index (χ1) is 13.0. The summed E-state index contributed by atoms with van der Waals surface area (Å²) in [6.45, 7) is 8.13. The maximum Gasteiger partial charge on any atom is 0.154 e. The SMILES string of the molecule is C=Cc1ccc(-c2cc(-c3cccc(Cl)c3)n(CC(=O)CC(C)C)n2)cc1. The summed E-state index contributed by atoms with van der Waals surface area (Å²) in [4.78, 5) is 12.4. The van der Waals surface area contributed by atoms with Crippen LogP contribution in [0.5, 0.6) is 0 Å². The third kappa shape index (κ3) is 4.75. The van der Waals surface area contributed by atoms with Gasteiger partial charge in [-0.3, -0.25) is 9.48 Å². The van der Waals surface area contributed by atoms with E-state index in [1.807, 2.05) is 74.5 Å². The summed E-state index contributed by atoms with van der Waals surface area (Å²) in [5.74, 6) is 0.499. The Morgan fingerprint density at radius 3 is 2.52 bits per heavy atom. The molecule has 0 amide bonds. The molecule has 0 spiro atoms. The number of carbonyl (C=O) groups is 1. The van der Waals surface area contributed by atoms with E-state index in [-0.39, 0.29) is 12.3 Å². The van der Waals surface area contributed by atoms with E-state index in [1.165, 1.54) is 0 Å². The van der Waals surface area contributed by atoms with Gasteiger partial charge in [0, 0.05) is 22.6 Å². The molecule has 1 heterocycles. The van der Waals surface area contributed by atoms with Crippen molar-refractivity contribution >= 4 is 23.5 Å². The summed E-state index contributed by atoms with van der Waals surface area (Å²) in [5.41, 5.74) is 4.72. The van der Waals surface area contributed by atoms with E-state index in [2.05, 4.69) is 6.58 Å². The molecule has 4 heteroatoms. The second-order valence-electron chi connectivity index (χ2n) is 7.05. The lowest BCUT2D eigenvalue weighted by molar-refractivity contribution is -0.120. The Morgan fingerprint density at radius 2 is 1.89 bits per heavy atom. The predicted molar refractivity (Wildman–Crippen MR) is 113 cm³/mol. The molecule has 0 aliphatic carbocycles. The quantitative estimate of drug-likeness (QED) is 0.495. The molecular formula is C23H23ClN2O. The Balaban J connectivity index is 2.02. The zero-order chi connectivity index (χ0) is 19.4. The summed E-state index contributed by atoms with van der Waals surface area (Å²) in [6.07, 6.45) is 2.35. The molecule has 0 unspecified atom stereocenters. The van der Waals surface area contributed by atoms with E-state index < -0.39 is 0 Å². The van der Waals surface area contributed by atoms with Gasteiger partial charge < -0.3 is 0 Å².